The molecule has 3 aromatic carbocycles. The maximum atomic E-state index is 13.3. The minimum Gasteiger partial charge on any atom is -0.478 e. The van der Waals surface area contributed by atoms with Gasteiger partial charge in [0.15, 0.2) is 0 Å². The number of carbonyl (C=O) groups is 2. The van der Waals surface area contributed by atoms with Crippen LogP contribution in [0, 0.1) is 0 Å². The lowest BCUT2D eigenvalue weighted by Crippen LogP contribution is -2.46. The molecule has 1 fully saturated rings. The van der Waals surface area contributed by atoms with E-state index >= 15 is 0 Å². The lowest BCUT2D eigenvalue weighted by molar-refractivity contribution is 0.0697. The number of amides is 1. The molecular weight excluding hydrogens is 440 g/mol. The van der Waals surface area contributed by atoms with Gasteiger partial charge >= 0.3 is 12.0 Å². The third-order valence-corrected chi connectivity index (χ3v) is 6.50. The number of likely N-dealkylation sites (tertiary alicyclic amines) is 1. The van der Waals surface area contributed by atoms with Gasteiger partial charge in [-0.15, -0.1) is 5.10 Å². The number of carbonyl (C=O) groups excluding carboxylic acids is 1. The quantitative estimate of drug-likeness (QED) is 0.427. The molecule has 2 heterocycles. The number of nitrogens with zero attached hydrogens (tertiary/aromatic N) is 4. The highest BCUT2D eigenvalue weighted by Gasteiger charge is 2.28. The van der Waals surface area contributed by atoms with Gasteiger partial charge in [-0.3, -0.25) is 0 Å². The Morgan fingerprint density at radius 1 is 0.886 bits per heavy atom. The van der Waals surface area contributed by atoms with Gasteiger partial charge in [0.25, 0.3) is 0 Å². The standard InChI is InChI=1S/C28H26N4O3/c33-27(34)24-10-6-9-23(18-24)21-12-14-22(15-13-21)26-19-32(30-29-26)28(35)31-16-5-4-11-25(31)17-20-7-2-1-3-8-20/h1-3,6-10,12-15,18-19,25H,4-5,11,16-17H2,(H,33,34)/t25-/m0/s1. The Hall–Kier alpha value is -4.26. The zero-order chi connectivity index (χ0) is 24.2. The van der Waals surface area contributed by atoms with Gasteiger partial charge in [0.1, 0.15) is 5.69 Å². The predicted octanol–water partition coefficient (Wildman–Crippen LogP) is 5.38. The van der Waals surface area contributed by atoms with E-state index in [0.717, 1.165) is 48.9 Å². The first-order chi connectivity index (χ1) is 17.1. The smallest absolute Gasteiger partial charge is 0.346 e. The summed E-state index contributed by atoms with van der Waals surface area (Å²) in [6.07, 6.45) is 5.59. The number of carboxylic acids is 1. The molecule has 7 heteroatoms. The Morgan fingerprint density at radius 3 is 2.43 bits per heavy atom. The molecule has 5 rings (SSSR count). The summed E-state index contributed by atoms with van der Waals surface area (Å²) in [7, 11) is 0. The molecule has 1 saturated heterocycles. The van der Waals surface area contributed by atoms with Gasteiger partial charge in [-0.1, -0.05) is 71.9 Å². The average molecular weight is 467 g/mol. The molecule has 0 saturated carbocycles. The minimum atomic E-state index is -0.954. The van der Waals surface area contributed by atoms with Crippen LogP contribution in [0.3, 0.4) is 0 Å². The van der Waals surface area contributed by atoms with Crippen molar-refractivity contribution in [3.05, 3.63) is 96.2 Å². The van der Waals surface area contributed by atoms with Gasteiger partial charge in [-0.25, -0.2) is 9.59 Å². The molecule has 0 radical (unpaired) electrons. The van der Waals surface area contributed by atoms with Gasteiger partial charge in [0, 0.05) is 18.2 Å². The van der Waals surface area contributed by atoms with Gasteiger partial charge in [-0.05, 0) is 54.5 Å². The summed E-state index contributed by atoms with van der Waals surface area (Å²) >= 11 is 0. The lowest BCUT2D eigenvalue weighted by Gasteiger charge is -2.35. The number of rotatable bonds is 5. The average Bonchev–Trinajstić information content (AvgIpc) is 3.40. The van der Waals surface area contributed by atoms with Crippen molar-refractivity contribution in [1.82, 2.24) is 19.9 Å². The van der Waals surface area contributed by atoms with E-state index in [9.17, 15) is 14.7 Å². The van der Waals surface area contributed by atoms with Crippen molar-refractivity contribution in [3.63, 3.8) is 0 Å². The molecule has 1 aliphatic rings. The van der Waals surface area contributed by atoms with E-state index in [-0.39, 0.29) is 17.6 Å². The second kappa shape index (κ2) is 9.93. The fourth-order valence-electron chi connectivity index (χ4n) is 4.64. The van der Waals surface area contributed by atoms with E-state index < -0.39 is 5.97 Å². The van der Waals surface area contributed by atoms with Crippen molar-refractivity contribution in [2.75, 3.05) is 6.54 Å². The summed E-state index contributed by atoms with van der Waals surface area (Å²) < 4.78 is 1.34. The molecule has 176 valence electrons. The molecule has 1 atom stereocenters. The third kappa shape index (κ3) is 4.99. The van der Waals surface area contributed by atoms with Crippen LogP contribution in [0.25, 0.3) is 22.4 Å². The molecular formula is C28H26N4O3. The van der Waals surface area contributed by atoms with Crippen LogP contribution in [0.15, 0.2) is 85.1 Å². The third-order valence-electron chi connectivity index (χ3n) is 6.50. The zero-order valence-electron chi connectivity index (χ0n) is 19.2. The van der Waals surface area contributed by atoms with Crippen molar-refractivity contribution in [2.24, 2.45) is 0 Å². The molecule has 0 unspecified atom stereocenters. The topological polar surface area (TPSA) is 88.3 Å². The van der Waals surface area contributed by atoms with Gasteiger partial charge in [0.2, 0.25) is 0 Å². The minimum absolute atomic E-state index is 0.146. The van der Waals surface area contributed by atoms with Gasteiger partial charge < -0.3 is 10.0 Å². The van der Waals surface area contributed by atoms with Crippen LogP contribution in [-0.2, 0) is 6.42 Å². The predicted molar refractivity (Wildman–Crippen MR) is 133 cm³/mol. The van der Waals surface area contributed by atoms with Crippen LogP contribution < -0.4 is 0 Å². The largest absolute Gasteiger partial charge is 0.478 e. The molecule has 0 bridgehead atoms. The van der Waals surface area contributed by atoms with E-state index in [1.807, 2.05) is 53.4 Å². The number of carboxylic acid groups (broad SMARTS) is 1. The van der Waals surface area contributed by atoms with Crippen molar-refractivity contribution in [2.45, 2.75) is 31.7 Å². The number of hydrogen-bond donors (Lipinski definition) is 1. The van der Waals surface area contributed by atoms with Gasteiger partial charge in [0.05, 0.1) is 11.8 Å². The molecule has 0 spiro atoms. The molecule has 35 heavy (non-hydrogen) atoms. The first-order valence-corrected chi connectivity index (χ1v) is 11.8. The van der Waals surface area contributed by atoms with Crippen LogP contribution in [0.4, 0.5) is 4.79 Å². The maximum absolute atomic E-state index is 13.3. The second-order valence-electron chi connectivity index (χ2n) is 8.83. The molecule has 1 aromatic heterocycles. The monoisotopic (exact) mass is 466 g/mol. The number of benzene rings is 3. The molecule has 1 aliphatic heterocycles. The summed E-state index contributed by atoms with van der Waals surface area (Å²) in [6.45, 7) is 0.718. The normalized spacial score (nSPS) is 15.7. The fraction of sp³-hybridized carbons (Fsp3) is 0.214. The van der Waals surface area contributed by atoms with Crippen molar-refractivity contribution < 1.29 is 14.7 Å². The summed E-state index contributed by atoms with van der Waals surface area (Å²) in [4.78, 5) is 26.5. The van der Waals surface area contributed by atoms with Crippen LogP contribution in [0.5, 0.6) is 0 Å². The Morgan fingerprint density at radius 2 is 1.66 bits per heavy atom. The first-order valence-electron chi connectivity index (χ1n) is 11.8. The highest BCUT2D eigenvalue weighted by Crippen LogP contribution is 2.26. The van der Waals surface area contributed by atoms with Crippen LogP contribution in [0.2, 0.25) is 0 Å². The van der Waals surface area contributed by atoms with Crippen LogP contribution in [0.1, 0.15) is 35.2 Å². The van der Waals surface area contributed by atoms with E-state index in [1.54, 1.807) is 24.4 Å². The van der Waals surface area contributed by atoms with E-state index in [0.29, 0.717) is 5.69 Å². The zero-order valence-corrected chi connectivity index (χ0v) is 19.2. The van der Waals surface area contributed by atoms with Crippen molar-refractivity contribution in [3.8, 4) is 22.4 Å². The maximum Gasteiger partial charge on any atom is 0.346 e. The number of piperidine rings is 1. The fourth-order valence-corrected chi connectivity index (χ4v) is 4.64. The Bertz CT molecular complexity index is 1330. The molecule has 1 amide bonds. The number of aromatic carboxylic acids is 1. The number of aromatic nitrogens is 3. The highest BCUT2D eigenvalue weighted by atomic mass is 16.4. The Kier molecular flexibility index (Phi) is 6.39. The highest BCUT2D eigenvalue weighted by molar-refractivity contribution is 5.89. The van der Waals surface area contributed by atoms with E-state index in [2.05, 4.69) is 22.4 Å². The second-order valence-corrected chi connectivity index (χ2v) is 8.83. The van der Waals surface area contributed by atoms with Crippen molar-refractivity contribution in [1.29, 1.82) is 0 Å². The molecule has 7 nitrogen and oxygen atoms in total. The lowest BCUT2D eigenvalue weighted by atomic mass is 9.96. The van der Waals surface area contributed by atoms with E-state index in [4.69, 9.17) is 0 Å². The Labute approximate surface area is 203 Å². The summed E-state index contributed by atoms with van der Waals surface area (Å²) in [5, 5.41) is 17.6. The molecule has 1 N–H and O–H groups in total. The first kappa shape index (κ1) is 22.5. The summed E-state index contributed by atoms with van der Waals surface area (Å²) in [6, 6.07) is 24.7. The van der Waals surface area contributed by atoms with E-state index in [1.165, 1.54) is 10.2 Å². The molecule has 0 aliphatic carbocycles. The molecule has 4 aromatic rings. The Balaban J connectivity index is 1.32. The SMILES string of the molecule is O=C(O)c1cccc(-c2ccc(-c3cn(C(=O)N4CCCC[C@H]4Cc4ccccc4)nn3)cc2)c1. The van der Waals surface area contributed by atoms with Crippen molar-refractivity contribution >= 4 is 12.0 Å². The summed E-state index contributed by atoms with van der Waals surface area (Å²) in [5.41, 5.74) is 4.64. The van der Waals surface area contributed by atoms with Gasteiger partial charge in [-0.2, -0.15) is 4.68 Å². The van der Waals surface area contributed by atoms with Crippen LogP contribution >= 0.6 is 0 Å². The number of hydrogen-bond acceptors (Lipinski definition) is 4. The summed E-state index contributed by atoms with van der Waals surface area (Å²) in [5.74, 6) is -0.954. The van der Waals surface area contributed by atoms with Crippen LogP contribution in [-0.4, -0.2) is 49.6 Å².